The molecule has 0 amide bonds. The van der Waals surface area contributed by atoms with Crippen LogP contribution in [0, 0.1) is 0 Å². The number of aromatic nitrogens is 1. The second-order valence-electron chi connectivity index (χ2n) is 3.25. The van der Waals surface area contributed by atoms with Crippen LogP contribution in [0.3, 0.4) is 0 Å². The molecule has 0 atom stereocenters. The molecule has 1 aromatic rings. The molecule has 0 saturated heterocycles. The first-order valence-electron chi connectivity index (χ1n) is 4.68. The molecule has 0 unspecified atom stereocenters. The molecule has 0 aliphatic rings. The molecule has 1 aromatic heterocycles. The number of primary sulfonamides is 1. The lowest BCUT2D eigenvalue weighted by Crippen LogP contribution is -2.22. The predicted molar refractivity (Wildman–Crippen MR) is 58.5 cm³/mol. The van der Waals surface area contributed by atoms with Gasteiger partial charge in [-0.05, 0) is 30.7 Å². The lowest BCUT2D eigenvalue weighted by Gasteiger charge is -2.03. The molecule has 3 N–H and O–H groups in total. The van der Waals surface area contributed by atoms with Crippen molar-refractivity contribution >= 4 is 10.0 Å². The average molecular weight is 229 g/mol. The minimum Gasteiger partial charge on any atom is -0.313 e. The van der Waals surface area contributed by atoms with Crippen LogP contribution < -0.4 is 10.5 Å². The summed E-state index contributed by atoms with van der Waals surface area (Å²) in [7, 11) is -3.32. The Kier molecular flexibility index (Phi) is 4.67. The number of hydrogen-bond acceptors (Lipinski definition) is 4. The normalized spacial score (nSPS) is 11.5. The molecule has 0 fully saturated rings. The summed E-state index contributed by atoms with van der Waals surface area (Å²) < 4.78 is 21.2. The Morgan fingerprint density at radius 1 is 1.33 bits per heavy atom. The van der Waals surface area contributed by atoms with Crippen molar-refractivity contribution in [3.8, 4) is 0 Å². The van der Waals surface area contributed by atoms with Crippen LogP contribution in [-0.2, 0) is 16.6 Å². The van der Waals surface area contributed by atoms with Crippen molar-refractivity contribution in [2.45, 2.75) is 13.0 Å². The summed E-state index contributed by atoms with van der Waals surface area (Å²) in [6.45, 7) is 1.35. The van der Waals surface area contributed by atoms with Gasteiger partial charge in [-0.25, -0.2) is 13.6 Å². The zero-order valence-corrected chi connectivity index (χ0v) is 9.20. The van der Waals surface area contributed by atoms with E-state index in [1.54, 1.807) is 12.4 Å². The summed E-state index contributed by atoms with van der Waals surface area (Å²) in [5, 5.41) is 7.99. The van der Waals surface area contributed by atoms with Gasteiger partial charge < -0.3 is 5.32 Å². The van der Waals surface area contributed by atoms with E-state index in [1.807, 2.05) is 12.1 Å². The van der Waals surface area contributed by atoms with Crippen LogP contribution >= 0.6 is 0 Å². The van der Waals surface area contributed by atoms with Crippen LogP contribution in [0.4, 0.5) is 0 Å². The van der Waals surface area contributed by atoms with Gasteiger partial charge in [0.1, 0.15) is 0 Å². The fourth-order valence-corrected chi connectivity index (χ4v) is 1.68. The van der Waals surface area contributed by atoms with Crippen molar-refractivity contribution in [2.24, 2.45) is 5.14 Å². The highest BCUT2D eigenvalue weighted by Crippen LogP contribution is 1.94. The van der Waals surface area contributed by atoms with Crippen molar-refractivity contribution in [1.29, 1.82) is 0 Å². The Morgan fingerprint density at radius 3 is 2.60 bits per heavy atom. The smallest absolute Gasteiger partial charge is 0.209 e. The maximum Gasteiger partial charge on any atom is 0.209 e. The van der Waals surface area contributed by atoms with E-state index in [-0.39, 0.29) is 5.75 Å². The molecule has 5 nitrogen and oxygen atoms in total. The molecule has 15 heavy (non-hydrogen) atoms. The van der Waals surface area contributed by atoms with Gasteiger partial charge >= 0.3 is 0 Å². The Bertz CT molecular complexity index is 378. The first-order chi connectivity index (χ1) is 7.08. The van der Waals surface area contributed by atoms with Gasteiger partial charge in [0.25, 0.3) is 0 Å². The first-order valence-corrected chi connectivity index (χ1v) is 6.39. The summed E-state index contributed by atoms with van der Waals surface area (Å²) in [6, 6.07) is 3.82. The van der Waals surface area contributed by atoms with E-state index in [4.69, 9.17) is 5.14 Å². The highest BCUT2D eigenvalue weighted by molar-refractivity contribution is 7.89. The molecule has 0 aliphatic carbocycles. The van der Waals surface area contributed by atoms with E-state index in [2.05, 4.69) is 10.3 Å². The highest BCUT2D eigenvalue weighted by atomic mass is 32.2. The average Bonchev–Trinajstić information content (AvgIpc) is 2.17. The van der Waals surface area contributed by atoms with Gasteiger partial charge in [-0.15, -0.1) is 0 Å². The van der Waals surface area contributed by atoms with Crippen LogP contribution in [0.25, 0.3) is 0 Å². The van der Waals surface area contributed by atoms with E-state index >= 15 is 0 Å². The van der Waals surface area contributed by atoms with Gasteiger partial charge in [-0.3, -0.25) is 4.98 Å². The SMILES string of the molecule is NS(=O)(=O)CCCNCc1ccncc1. The summed E-state index contributed by atoms with van der Waals surface area (Å²) in [4.78, 5) is 3.90. The molecule has 0 saturated carbocycles. The van der Waals surface area contributed by atoms with E-state index in [1.165, 1.54) is 0 Å². The van der Waals surface area contributed by atoms with Gasteiger partial charge in [0, 0.05) is 18.9 Å². The monoisotopic (exact) mass is 229 g/mol. The first kappa shape index (κ1) is 12.1. The van der Waals surface area contributed by atoms with Gasteiger partial charge in [0.15, 0.2) is 0 Å². The molecule has 1 heterocycles. The maximum absolute atomic E-state index is 10.6. The summed E-state index contributed by atoms with van der Waals surface area (Å²) in [6.07, 6.45) is 3.98. The molecule has 0 radical (unpaired) electrons. The van der Waals surface area contributed by atoms with Crippen molar-refractivity contribution in [1.82, 2.24) is 10.3 Å². The van der Waals surface area contributed by atoms with Crippen molar-refractivity contribution < 1.29 is 8.42 Å². The number of hydrogen-bond donors (Lipinski definition) is 2. The van der Waals surface area contributed by atoms with Crippen molar-refractivity contribution in [2.75, 3.05) is 12.3 Å². The van der Waals surface area contributed by atoms with E-state index < -0.39 is 10.0 Å². The van der Waals surface area contributed by atoms with Gasteiger partial charge in [0.2, 0.25) is 10.0 Å². The lowest BCUT2D eigenvalue weighted by molar-refractivity contribution is 0.590. The third-order valence-electron chi connectivity index (χ3n) is 1.86. The third-order valence-corrected chi connectivity index (χ3v) is 2.72. The van der Waals surface area contributed by atoms with Crippen LogP contribution in [0.15, 0.2) is 24.5 Å². The summed E-state index contributed by atoms with van der Waals surface area (Å²) in [5.74, 6) is 0.0242. The topological polar surface area (TPSA) is 85.1 Å². The van der Waals surface area contributed by atoms with Gasteiger partial charge in [-0.2, -0.15) is 0 Å². The second kappa shape index (κ2) is 5.79. The number of pyridine rings is 1. The molecular formula is C9H15N3O2S. The number of rotatable bonds is 6. The standard InChI is InChI=1S/C9H15N3O2S/c10-15(13,14)7-1-4-12-8-9-2-5-11-6-3-9/h2-3,5-6,12H,1,4,7-8H2,(H2,10,13,14). The molecule has 0 bridgehead atoms. The second-order valence-corrected chi connectivity index (χ2v) is 4.99. The number of nitrogens with one attached hydrogen (secondary N) is 1. The van der Waals surface area contributed by atoms with E-state index in [0.717, 1.165) is 5.56 Å². The minimum atomic E-state index is -3.32. The van der Waals surface area contributed by atoms with E-state index in [9.17, 15) is 8.42 Å². The van der Waals surface area contributed by atoms with E-state index in [0.29, 0.717) is 19.5 Å². The predicted octanol–water partition coefficient (Wildman–Crippen LogP) is -0.150. The molecule has 0 spiro atoms. The van der Waals surface area contributed by atoms with Crippen LogP contribution in [-0.4, -0.2) is 25.7 Å². The Hall–Kier alpha value is -0.980. The zero-order chi connectivity index (χ0) is 11.1. The minimum absolute atomic E-state index is 0.0242. The lowest BCUT2D eigenvalue weighted by atomic mass is 10.3. The highest BCUT2D eigenvalue weighted by Gasteiger charge is 2.00. The fourth-order valence-electron chi connectivity index (χ4n) is 1.13. The quantitative estimate of drug-likeness (QED) is 0.664. The van der Waals surface area contributed by atoms with Gasteiger partial charge in [-0.1, -0.05) is 0 Å². The Balaban J connectivity index is 2.13. The molecule has 6 heteroatoms. The molecule has 1 rings (SSSR count). The number of nitrogens with two attached hydrogens (primary N) is 1. The molecule has 84 valence electrons. The molecule has 0 aliphatic heterocycles. The maximum atomic E-state index is 10.6. The largest absolute Gasteiger partial charge is 0.313 e. The van der Waals surface area contributed by atoms with Crippen LogP contribution in [0.1, 0.15) is 12.0 Å². The fraction of sp³-hybridized carbons (Fsp3) is 0.444. The van der Waals surface area contributed by atoms with Crippen molar-refractivity contribution in [3.05, 3.63) is 30.1 Å². The zero-order valence-electron chi connectivity index (χ0n) is 8.39. The Morgan fingerprint density at radius 2 is 2.00 bits per heavy atom. The number of nitrogens with zero attached hydrogens (tertiary/aromatic N) is 1. The van der Waals surface area contributed by atoms with Gasteiger partial charge in [0.05, 0.1) is 5.75 Å². The molecule has 0 aromatic carbocycles. The van der Waals surface area contributed by atoms with Crippen molar-refractivity contribution in [3.63, 3.8) is 0 Å². The number of sulfonamides is 1. The Labute approximate surface area is 89.8 Å². The summed E-state index contributed by atoms with van der Waals surface area (Å²) >= 11 is 0. The molecular weight excluding hydrogens is 214 g/mol. The summed E-state index contributed by atoms with van der Waals surface area (Å²) in [5.41, 5.74) is 1.13. The third kappa shape index (κ3) is 6.16. The van der Waals surface area contributed by atoms with Crippen LogP contribution in [0.2, 0.25) is 0 Å². The van der Waals surface area contributed by atoms with Crippen LogP contribution in [0.5, 0.6) is 0 Å².